The van der Waals surface area contributed by atoms with Crippen molar-refractivity contribution in [2.24, 2.45) is 5.73 Å². The molecule has 2 atom stereocenters. The average molecular weight is 163 g/mol. The van der Waals surface area contributed by atoms with E-state index >= 15 is 0 Å². The molecular formula is C6H13NO4. The number of aliphatic hydroxyl groups excluding tert-OH is 2. The fraction of sp³-hybridized carbons (Fsp3) is 0.833. The third-order valence-electron chi connectivity index (χ3n) is 1.28. The van der Waals surface area contributed by atoms with Crippen molar-refractivity contribution in [3.63, 3.8) is 0 Å². The Bertz CT molecular complexity index is 126. The van der Waals surface area contributed by atoms with E-state index in [1.165, 1.54) is 0 Å². The van der Waals surface area contributed by atoms with Gasteiger partial charge in [-0.15, -0.1) is 0 Å². The first-order chi connectivity index (χ1) is 5.04. The Kier molecular flexibility index (Phi) is 4.76. The lowest BCUT2D eigenvalue weighted by Gasteiger charge is -2.11. The van der Waals surface area contributed by atoms with Crippen molar-refractivity contribution in [1.29, 1.82) is 0 Å². The molecular weight excluding hydrogens is 150 g/mol. The van der Waals surface area contributed by atoms with E-state index in [0.717, 1.165) is 0 Å². The Morgan fingerprint density at radius 3 is 2.36 bits per heavy atom. The highest BCUT2D eigenvalue weighted by Crippen LogP contribution is 2.01. The van der Waals surface area contributed by atoms with Crippen molar-refractivity contribution in [3.8, 4) is 0 Å². The van der Waals surface area contributed by atoms with E-state index < -0.39 is 18.3 Å². The van der Waals surface area contributed by atoms with Crippen LogP contribution in [0.15, 0.2) is 0 Å². The zero-order valence-corrected chi connectivity index (χ0v) is 6.10. The van der Waals surface area contributed by atoms with Crippen LogP contribution >= 0.6 is 0 Å². The molecule has 0 bridgehead atoms. The van der Waals surface area contributed by atoms with Gasteiger partial charge < -0.3 is 21.1 Å². The zero-order valence-electron chi connectivity index (χ0n) is 6.10. The van der Waals surface area contributed by atoms with Gasteiger partial charge in [0.25, 0.3) is 0 Å². The van der Waals surface area contributed by atoms with Crippen molar-refractivity contribution < 1.29 is 20.1 Å². The SMILES string of the molecule is NC(O)C(O)CCCC(=O)O. The first kappa shape index (κ1) is 10.3. The summed E-state index contributed by atoms with van der Waals surface area (Å²) < 4.78 is 0. The van der Waals surface area contributed by atoms with Crippen LogP contribution in [0.4, 0.5) is 0 Å². The Labute approximate surface area is 64.4 Å². The summed E-state index contributed by atoms with van der Waals surface area (Å²) in [5, 5.41) is 25.6. The number of aliphatic carboxylic acids is 1. The van der Waals surface area contributed by atoms with Crippen molar-refractivity contribution in [2.75, 3.05) is 0 Å². The summed E-state index contributed by atoms with van der Waals surface area (Å²) >= 11 is 0. The van der Waals surface area contributed by atoms with E-state index in [4.69, 9.17) is 21.1 Å². The molecule has 0 radical (unpaired) electrons. The highest BCUT2D eigenvalue weighted by atomic mass is 16.4. The molecule has 2 unspecified atom stereocenters. The van der Waals surface area contributed by atoms with E-state index in [2.05, 4.69) is 0 Å². The van der Waals surface area contributed by atoms with E-state index in [0.29, 0.717) is 6.42 Å². The second-order valence-electron chi connectivity index (χ2n) is 2.34. The topological polar surface area (TPSA) is 104 Å². The molecule has 0 aromatic rings. The molecule has 66 valence electrons. The number of carbonyl (C=O) groups is 1. The molecule has 0 fully saturated rings. The number of hydrogen-bond acceptors (Lipinski definition) is 4. The smallest absolute Gasteiger partial charge is 0.303 e. The van der Waals surface area contributed by atoms with E-state index in [1.54, 1.807) is 0 Å². The lowest BCUT2D eigenvalue weighted by molar-refractivity contribution is -0.137. The monoisotopic (exact) mass is 163 g/mol. The number of carboxylic acid groups (broad SMARTS) is 1. The lowest BCUT2D eigenvalue weighted by Crippen LogP contribution is -2.34. The van der Waals surface area contributed by atoms with Crippen molar-refractivity contribution in [3.05, 3.63) is 0 Å². The number of rotatable bonds is 5. The molecule has 0 aromatic carbocycles. The molecule has 5 N–H and O–H groups in total. The molecule has 0 aromatic heterocycles. The van der Waals surface area contributed by atoms with Crippen LogP contribution in [0.3, 0.4) is 0 Å². The predicted molar refractivity (Wildman–Crippen MR) is 37.7 cm³/mol. The maximum Gasteiger partial charge on any atom is 0.303 e. The molecule has 5 nitrogen and oxygen atoms in total. The van der Waals surface area contributed by atoms with Gasteiger partial charge in [-0.05, 0) is 12.8 Å². The first-order valence-electron chi connectivity index (χ1n) is 3.37. The van der Waals surface area contributed by atoms with Crippen LogP contribution in [0.25, 0.3) is 0 Å². The summed E-state index contributed by atoms with van der Waals surface area (Å²) in [7, 11) is 0. The van der Waals surface area contributed by atoms with Gasteiger partial charge in [-0.2, -0.15) is 0 Å². The summed E-state index contributed by atoms with van der Waals surface area (Å²) in [6.07, 6.45) is -1.77. The summed E-state index contributed by atoms with van der Waals surface area (Å²) in [6, 6.07) is 0. The fourth-order valence-electron chi connectivity index (χ4n) is 0.633. The van der Waals surface area contributed by atoms with Crippen LogP contribution in [0.1, 0.15) is 19.3 Å². The molecule has 0 saturated heterocycles. The number of hydrogen-bond donors (Lipinski definition) is 4. The molecule has 0 aliphatic carbocycles. The highest BCUT2D eigenvalue weighted by Gasteiger charge is 2.10. The normalized spacial score (nSPS) is 15.9. The zero-order chi connectivity index (χ0) is 8.85. The third-order valence-corrected chi connectivity index (χ3v) is 1.28. The predicted octanol–water partition coefficient (Wildman–Crippen LogP) is -1.12. The molecule has 0 heterocycles. The van der Waals surface area contributed by atoms with E-state index in [-0.39, 0.29) is 12.8 Å². The average Bonchev–Trinajstić information content (AvgIpc) is 1.86. The molecule has 0 aliphatic heterocycles. The van der Waals surface area contributed by atoms with Gasteiger partial charge in [0.2, 0.25) is 0 Å². The van der Waals surface area contributed by atoms with Crippen LogP contribution < -0.4 is 5.73 Å². The molecule has 0 saturated carbocycles. The van der Waals surface area contributed by atoms with Crippen LogP contribution in [0.2, 0.25) is 0 Å². The highest BCUT2D eigenvalue weighted by molar-refractivity contribution is 5.66. The Morgan fingerprint density at radius 2 is 2.00 bits per heavy atom. The van der Waals surface area contributed by atoms with E-state index in [1.807, 2.05) is 0 Å². The van der Waals surface area contributed by atoms with Crippen LogP contribution in [-0.2, 0) is 4.79 Å². The van der Waals surface area contributed by atoms with Crippen LogP contribution in [-0.4, -0.2) is 33.6 Å². The Hall–Kier alpha value is -0.650. The number of nitrogens with two attached hydrogens (primary N) is 1. The molecule has 0 aliphatic rings. The van der Waals surface area contributed by atoms with Crippen LogP contribution in [0.5, 0.6) is 0 Å². The van der Waals surface area contributed by atoms with Gasteiger partial charge in [0, 0.05) is 6.42 Å². The van der Waals surface area contributed by atoms with Crippen molar-refractivity contribution in [2.45, 2.75) is 31.6 Å². The minimum absolute atomic E-state index is 0.0101. The Morgan fingerprint density at radius 1 is 1.45 bits per heavy atom. The first-order valence-corrected chi connectivity index (χ1v) is 3.37. The number of aliphatic hydroxyl groups is 2. The van der Waals surface area contributed by atoms with Gasteiger partial charge in [0.15, 0.2) is 0 Å². The van der Waals surface area contributed by atoms with E-state index in [9.17, 15) is 4.79 Å². The minimum Gasteiger partial charge on any atom is -0.481 e. The van der Waals surface area contributed by atoms with Crippen LogP contribution in [0, 0.1) is 0 Å². The number of carboxylic acids is 1. The largest absolute Gasteiger partial charge is 0.481 e. The summed E-state index contributed by atoms with van der Waals surface area (Å²) in [6.45, 7) is 0. The second kappa shape index (κ2) is 5.06. The third kappa shape index (κ3) is 5.78. The van der Waals surface area contributed by atoms with Gasteiger partial charge in [-0.1, -0.05) is 0 Å². The maximum absolute atomic E-state index is 9.98. The van der Waals surface area contributed by atoms with Crippen molar-refractivity contribution >= 4 is 5.97 Å². The summed E-state index contributed by atoms with van der Waals surface area (Å²) in [4.78, 5) is 9.98. The van der Waals surface area contributed by atoms with Gasteiger partial charge in [-0.25, -0.2) is 0 Å². The molecule has 11 heavy (non-hydrogen) atoms. The van der Waals surface area contributed by atoms with Gasteiger partial charge in [-0.3, -0.25) is 4.79 Å². The maximum atomic E-state index is 9.98. The second-order valence-corrected chi connectivity index (χ2v) is 2.34. The standard InChI is InChI=1S/C6H13NO4/c7-6(11)4(8)2-1-3-5(9)10/h4,6,8,11H,1-3,7H2,(H,9,10). The molecule has 0 rings (SSSR count). The summed E-state index contributed by atoms with van der Waals surface area (Å²) in [5.41, 5.74) is 4.91. The lowest BCUT2D eigenvalue weighted by atomic mass is 10.1. The van der Waals surface area contributed by atoms with Crippen molar-refractivity contribution in [1.82, 2.24) is 0 Å². The van der Waals surface area contributed by atoms with Gasteiger partial charge >= 0.3 is 5.97 Å². The Balaban J connectivity index is 3.31. The van der Waals surface area contributed by atoms with Gasteiger partial charge in [0.05, 0.1) is 6.10 Å². The van der Waals surface area contributed by atoms with Gasteiger partial charge in [0.1, 0.15) is 6.23 Å². The quantitative estimate of drug-likeness (QED) is 0.384. The molecule has 0 amide bonds. The summed E-state index contributed by atoms with van der Waals surface area (Å²) in [5.74, 6) is -0.913. The molecule has 0 spiro atoms. The minimum atomic E-state index is -1.27. The molecule has 5 heteroatoms. The fourth-order valence-corrected chi connectivity index (χ4v) is 0.633.